The summed E-state index contributed by atoms with van der Waals surface area (Å²) in [5.74, 6) is 0.903. The van der Waals surface area contributed by atoms with E-state index in [2.05, 4.69) is 19.1 Å². The van der Waals surface area contributed by atoms with Crippen molar-refractivity contribution < 1.29 is 9.84 Å². The van der Waals surface area contributed by atoms with Gasteiger partial charge in [-0.15, -0.1) is 0 Å². The minimum absolute atomic E-state index is 0.0830. The van der Waals surface area contributed by atoms with Gasteiger partial charge in [0.15, 0.2) is 0 Å². The number of aryl methyl sites for hydroxylation is 1. The van der Waals surface area contributed by atoms with Crippen molar-refractivity contribution in [1.82, 2.24) is 0 Å². The lowest BCUT2D eigenvalue weighted by Crippen LogP contribution is -1.96. The van der Waals surface area contributed by atoms with Crippen LogP contribution in [-0.2, 0) is 19.6 Å². The molecule has 94 valence electrons. The molecule has 0 atom stereocenters. The summed E-state index contributed by atoms with van der Waals surface area (Å²) < 4.78 is 5.75. The highest BCUT2D eigenvalue weighted by molar-refractivity contribution is 5.29. The Morgan fingerprint density at radius 2 is 1.67 bits per heavy atom. The molecule has 0 saturated heterocycles. The van der Waals surface area contributed by atoms with Gasteiger partial charge in [-0.05, 0) is 35.2 Å². The summed E-state index contributed by atoms with van der Waals surface area (Å²) in [6.45, 7) is 2.77. The molecule has 0 radical (unpaired) electrons. The molecule has 2 heteroatoms. The third-order valence-electron chi connectivity index (χ3n) is 2.92. The molecule has 2 nitrogen and oxygen atoms in total. The molecule has 2 rings (SSSR count). The van der Waals surface area contributed by atoms with Crippen LogP contribution in [-0.4, -0.2) is 5.11 Å². The van der Waals surface area contributed by atoms with Crippen molar-refractivity contribution in [3.05, 3.63) is 65.2 Å². The topological polar surface area (TPSA) is 29.5 Å². The lowest BCUT2D eigenvalue weighted by Gasteiger charge is -2.08. The molecule has 0 aromatic heterocycles. The minimum Gasteiger partial charge on any atom is -0.489 e. The molecule has 2 aromatic carbocycles. The summed E-state index contributed by atoms with van der Waals surface area (Å²) in [6.07, 6.45) is 1.02. The number of rotatable bonds is 5. The molecule has 18 heavy (non-hydrogen) atoms. The molecular weight excluding hydrogens is 224 g/mol. The van der Waals surface area contributed by atoms with Crippen LogP contribution in [0.2, 0.25) is 0 Å². The Morgan fingerprint density at radius 3 is 2.33 bits per heavy atom. The van der Waals surface area contributed by atoms with Crippen LogP contribution in [0, 0.1) is 0 Å². The molecule has 1 N–H and O–H groups in total. The van der Waals surface area contributed by atoms with Crippen molar-refractivity contribution in [2.24, 2.45) is 0 Å². The fourth-order valence-corrected chi connectivity index (χ4v) is 1.76. The minimum atomic E-state index is 0.0830. The van der Waals surface area contributed by atoms with Crippen molar-refractivity contribution >= 4 is 0 Å². The maximum Gasteiger partial charge on any atom is 0.120 e. The number of ether oxygens (including phenoxy) is 1. The van der Waals surface area contributed by atoms with Crippen molar-refractivity contribution in [3.8, 4) is 5.75 Å². The second kappa shape index (κ2) is 6.22. The summed E-state index contributed by atoms with van der Waals surface area (Å²) in [6, 6.07) is 16.0. The van der Waals surface area contributed by atoms with Crippen molar-refractivity contribution in [2.75, 3.05) is 0 Å². The number of hydrogen-bond acceptors (Lipinski definition) is 2. The predicted molar refractivity (Wildman–Crippen MR) is 72.5 cm³/mol. The van der Waals surface area contributed by atoms with Gasteiger partial charge in [0, 0.05) is 0 Å². The second-order valence-corrected chi connectivity index (χ2v) is 4.26. The third-order valence-corrected chi connectivity index (χ3v) is 2.92. The first-order valence-corrected chi connectivity index (χ1v) is 6.22. The predicted octanol–water partition coefficient (Wildman–Crippen LogP) is 3.32. The van der Waals surface area contributed by atoms with Crippen molar-refractivity contribution in [3.63, 3.8) is 0 Å². The summed E-state index contributed by atoms with van der Waals surface area (Å²) in [7, 11) is 0. The van der Waals surface area contributed by atoms with Gasteiger partial charge >= 0.3 is 0 Å². The zero-order valence-corrected chi connectivity index (χ0v) is 10.6. The lowest BCUT2D eigenvalue weighted by molar-refractivity contribution is 0.281. The van der Waals surface area contributed by atoms with E-state index in [0.29, 0.717) is 6.61 Å². The van der Waals surface area contributed by atoms with E-state index in [1.807, 2.05) is 36.4 Å². The highest BCUT2D eigenvalue weighted by Crippen LogP contribution is 2.15. The Balaban J connectivity index is 1.97. The number of hydrogen-bond donors (Lipinski definition) is 1. The number of aliphatic hydroxyl groups is 1. The molecule has 0 aliphatic carbocycles. The number of aliphatic hydroxyl groups excluding tert-OH is 1. The quantitative estimate of drug-likeness (QED) is 0.871. The van der Waals surface area contributed by atoms with Crippen molar-refractivity contribution in [1.29, 1.82) is 0 Å². The zero-order valence-electron chi connectivity index (χ0n) is 10.6. The molecule has 0 aliphatic rings. The summed E-state index contributed by atoms with van der Waals surface area (Å²) >= 11 is 0. The first-order valence-electron chi connectivity index (χ1n) is 6.22. The Bertz CT molecular complexity index is 489. The van der Waals surface area contributed by atoms with E-state index in [4.69, 9.17) is 9.84 Å². The van der Waals surface area contributed by atoms with Crippen LogP contribution >= 0.6 is 0 Å². The van der Waals surface area contributed by atoms with E-state index in [9.17, 15) is 0 Å². The van der Waals surface area contributed by atoms with Gasteiger partial charge in [0.1, 0.15) is 12.4 Å². The molecule has 0 spiro atoms. The van der Waals surface area contributed by atoms with Crippen LogP contribution in [0.5, 0.6) is 5.75 Å². The molecule has 0 unspecified atom stereocenters. The van der Waals surface area contributed by atoms with Crippen LogP contribution in [0.4, 0.5) is 0 Å². The molecular formula is C16H18O2. The van der Waals surface area contributed by atoms with Gasteiger partial charge in [0.2, 0.25) is 0 Å². The van der Waals surface area contributed by atoms with Crippen LogP contribution in [0.15, 0.2) is 48.5 Å². The SMILES string of the molecule is CCc1cccc(OCc2ccc(CO)cc2)c1. The molecule has 2 aromatic rings. The first-order chi connectivity index (χ1) is 8.81. The van der Waals surface area contributed by atoms with E-state index >= 15 is 0 Å². The average Bonchev–Trinajstić information content (AvgIpc) is 2.46. The Morgan fingerprint density at radius 1 is 0.944 bits per heavy atom. The molecule has 0 bridgehead atoms. The van der Waals surface area contributed by atoms with Gasteiger partial charge < -0.3 is 9.84 Å². The second-order valence-electron chi connectivity index (χ2n) is 4.26. The van der Waals surface area contributed by atoms with Gasteiger partial charge in [0.25, 0.3) is 0 Å². The largest absolute Gasteiger partial charge is 0.489 e. The van der Waals surface area contributed by atoms with Gasteiger partial charge in [-0.25, -0.2) is 0 Å². The fraction of sp³-hybridized carbons (Fsp3) is 0.250. The summed E-state index contributed by atoms with van der Waals surface area (Å²) in [4.78, 5) is 0. The first kappa shape index (κ1) is 12.7. The van der Waals surface area contributed by atoms with Gasteiger partial charge in [-0.1, -0.05) is 43.3 Å². The molecule has 0 fully saturated rings. The third kappa shape index (κ3) is 3.34. The highest BCUT2D eigenvalue weighted by Gasteiger charge is 1.98. The number of benzene rings is 2. The maximum atomic E-state index is 8.96. The lowest BCUT2D eigenvalue weighted by atomic mass is 10.1. The average molecular weight is 242 g/mol. The zero-order chi connectivity index (χ0) is 12.8. The molecule has 0 heterocycles. The van der Waals surface area contributed by atoms with E-state index in [1.165, 1.54) is 5.56 Å². The van der Waals surface area contributed by atoms with E-state index in [0.717, 1.165) is 23.3 Å². The van der Waals surface area contributed by atoms with Crippen molar-refractivity contribution in [2.45, 2.75) is 26.6 Å². The normalized spacial score (nSPS) is 10.3. The Kier molecular flexibility index (Phi) is 4.37. The van der Waals surface area contributed by atoms with Gasteiger partial charge in [0.05, 0.1) is 6.61 Å². The standard InChI is InChI=1S/C16H18O2/c1-2-13-4-3-5-16(10-13)18-12-15-8-6-14(11-17)7-9-15/h3-10,17H,2,11-12H2,1H3. The van der Waals surface area contributed by atoms with E-state index < -0.39 is 0 Å². The van der Waals surface area contributed by atoms with E-state index in [1.54, 1.807) is 0 Å². The highest BCUT2D eigenvalue weighted by atomic mass is 16.5. The molecule has 0 aliphatic heterocycles. The molecule has 0 amide bonds. The maximum absolute atomic E-state index is 8.96. The fourth-order valence-electron chi connectivity index (χ4n) is 1.76. The monoisotopic (exact) mass is 242 g/mol. The summed E-state index contributed by atoms with van der Waals surface area (Å²) in [5, 5.41) is 8.96. The van der Waals surface area contributed by atoms with Gasteiger partial charge in [-0.2, -0.15) is 0 Å². The molecule has 0 saturated carbocycles. The van der Waals surface area contributed by atoms with Crippen LogP contribution < -0.4 is 4.74 Å². The van der Waals surface area contributed by atoms with Crippen LogP contribution in [0.25, 0.3) is 0 Å². The van der Waals surface area contributed by atoms with Gasteiger partial charge in [-0.3, -0.25) is 0 Å². The van der Waals surface area contributed by atoms with Crippen LogP contribution in [0.1, 0.15) is 23.6 Å². The Hall–Kier alpha value is -1.80. The smallest absolute Gasteiger partial charge is 0.120 e. The Labute approximate surface area is 108 Å². The summed E-state index contributed by atoms with van der Waals surface area (Å²) in [5.41, 5.74) is 3.31. The van der Waals surface area contributed by atoms with E-state index in [-0.39, 0.29) is 6.61 Å². The van der Waals surface area contributed by atoms with Crippen LogP contribution in [0.3, 0.4) is 0 Å².